The Balaban J connectivity index is 0.000000266. The Hall–Kier alpha value is -1.38. The number of halogens is 1. The van der Waals surface area contributed by atoms with Crippen LogP contribution in [0.15, 0.2) is 24.3 Å². The molecule has 2 aliphatic carbocycles. The maximum Gasteiger partial charge on any atom is 0.490 e. The minimum absolute atomic E-state index is 0.0191. The Labute approximate surface area is 271 Å². The molecular formula is C25H35ClO16P4. The number of rotatable bonds is 8. The lowest BCUT2D eigenvalue weighted by molar-refractivity contribution is 0.0442. The molecule has 1 heterocycles. The van der Waals surface area contributed by atoms with Crippen LogP contribution in [0.25, 0.3) is 0 Å². The van der Waals surface area contributed by atoms with Crippen LogP contribution in [0, 0.1) is 47.4 Å². The number of fused-ring (bicyclic) bond motifs is 1. The Kier molecular flexibility index (Phi) is 14.5. The third kappa shape index (κ3) is 11.6. The van der Waals surface area contributed by atoms with E-state index in [1.165, 1.54) is 0 Å². The molecule has 2 fully saturated rings. The van der Waals surface area contributed by atoms with Crippen molar-refractivity contribution in [2.75, 3.05) is 13.2 Å². The van der Waals surface area contributed by atoms with Crippen LogP contribution in [0.5, 0.6) is 5.75 Å². The Morgan fingerprint density at radius 3 is 1.89 bits per heavy atom. The van der Waals surface area contributed by atoms with Crippen molar-refractivity contribution in [1.82, 2.24) is 0 Å². The van der Waals surface area contributed by atoms with Gasteiger partial charge in [0.1, 0.15) is 11.3 Å². The quantitative estimate of drug-likeness (QED) is 0.147. The van der Waals surface area contributed by atoms with Gasteiger partial charge in [0.2, 0.25) is 0 Å². The molecule has 0 saturated heterocycles. The zero-order chi connectivity index (χ0) is 35.1. The first-order chi connectivity index (χ1) is 21.1. The van der Waals surface area contributed by atoms with Crippen LogP contribution < -0.4 is 4.52 Å². The predicted octanol–water partition coefficient (Wildman–Crippen LogP) is 3.83. The topological polar surface area (TPSA) is 256 Å². The SMILES string of the molecule is C#C[C@]1(CO)C[C@@H](C)C[C@@H]1O.C#C[C@]1(COP(=O)(O)OP(=O)(O)OP(=O)(O)O)C[C@@H](C)C[C@@H]1O.O=C1OP(Cl)Oc2ccccc21. The standard InChI is InChI=1S/C9H17O11P3.C9H14O2.C7H4ClO3P/c1-3-9(5-7(2)4-8(9)10)6-18-22(14,15)20-23(16,17)19-21(11,12)13;1-3-9(6-10)5-7(2)4-8(9)11;8-12-10-6-4-2-1-3-5(6)7(9)11-12/h1,7-8,10H,4-6H2,2H3,(H,14,15)(H,16,17)(H2,11,12,13);1,7-8,10-11H,4-6H2,2H3;1-4H/t2*7-,8-,9+;/m00./s1. The Morgan fingerprint density at radius 1 is 0.935 bits per heavy atom. The summed E-state index contributed by atoms with van der Waals surface area (Å²) in [6.45, 7) is 3.07. The first kappa shape index (κ1) is 40.8. The summed E-state index contributed by atoms with van der Waals surface area (Å²) in [7, 11) is -17.9. The molecule has 4 rings (SSSR count). The van der Waals surface area contributed by atoms with Gasteiger partial charge in [-0.25, -0.2) is 18.5 Å². The summed E-state index contributed by atoms with van der Waals surface area (Å²) in [5.74, 6) is 5.31. The number of hydrogen-bond donors (Lipinski definition) is 7. The number of phosphoric acid groups is 3. The highest BCUT2D eigenvalue weighted by molar-refractivity contribution is 7.76. The average molecular weight is 751 g/mol. The molecule has 2 saturated carbocycles. The fourth-order valence-electron chi connectivity index (χ4n) is 5.04. The van der Waals surface area contributed by atoms with Crippen molar-refractivity contribution in [1.29, 1.82) is 0 Å². The summed E-state index contributed by atoms with van der Waals surface area (Å²) in [5, 5.41) is 28.4. The van der Waals surface area contributed by atoms with Gasteiger partial charge in [0.25, 0.3) is 0 Å². The number of carbonyl (C=O) groups excluding carboxylic acids is 1. The second kappa shape index (κ2) is 16.3. The van der Waals surface area contributed by atoms with E-state index in [1.54, 1.807) is 31.2 Å². The van der Waals surface area contributed by atoms with Gasteiger partial charge in [-0.3, -0.25) is 4.52 Å². The van der Waals surface area contributed by atoms with Crippen molar-refractivity contribution in [3.8, 4) is 30.4 Å². The minimum atomic E-state index is -5.57. The maximum absolute atomic E-state index is 11.6. The lowest BCUT2D eigenvalue weighted by Crippen LogP contribution is -2.33. The Morgan fingerprint density at radius 2 is 1.46 bits per heavy atom. The van der Waals surface area contributed by atoms with Crippen molar-refractivity contribution >= 4 is 48.4 Å². The zero-order valence-electron chi connectivity index (χ0n) is 24.5. The van der Waals surface area contributed by atoms with Crippen LogP contribution in [-0.2, 0) is 31.4 Å². The van der Waals surface area contributed by atoms with Crippen LogP contribution in [0.1, 0.15) is 49.9 Å². The fourth-order valence-corrected chi connectivity index (χ4v) is 9.12. The van der Waals surface area contributed by atoms with Crippen LogP contribution >= 0.6 is 42.4 Å². The highest BCUT2D eigenvalue weighted by Gasteiger charge is 2.48. The monoisotopic (exact) mass is 750 g/mol. The van der Waals surface area contributed by atoms with Gasteiger partial charge in [0.15, 0.2) is 0 Å². The molecule has 16 nitrogen and oxygen atoms in total. The summed E-state index contributed by atoms with van der Waals surface area (Å²) in [4.78, 5) is 46.3. The molecule has 0 radical (unpaired) electrons. The van der Waals surface area contributed by atoms with Crippen LogP contribution in [0.4, 0.5) is 0 Å². The first-order valence-electron chi connectivity index (χ1n) is 13.3. The van der Waals surface area contributed by atoms with Crippen LogP contribution in [0.2, 0.25) is 0 Å². The third-order valence-corrected chi connectivity index (χ3v) is 12.0. The number of phosphoric ester groups is 1. The molecule has 3 unspecified atom stereocenters. The van der Waals surface area contributed by atoms with Gasteiger partial charge in [-0.2, -0.15) is 8.62 Å². The fraction of sp³-hybridized carbons (Fsp3) is 0.560. The third-order valence-electron chi connectivity index (χ3n) is 7.14. The number of para-hydroxylation sites is 1. The van der Waals surface area contributed by atoms with Gasteiger partial charge in [-0.05, 0) is 60.9 Å². The van der Waals surface area contributed by atoms with Crippen molar-refractivity contribution < 1.29 is 75.6 Å². The lowest BCUT2D eigenvalue weighted by atomic mass is 9.85. The molecule has 21 heteroatoms. The van der Waals surface area contributed by atoms with E-state index in [9.17, 15) is 33.6 Å². The van der Waals surface area contributed by atoms with E-state index in [0.717, 1.165) is 6.42 Å². The number of terminal acetylenes is 2. The molecule has 258 valence electrons. The zero-order valence-corrected chi connectivity index (χ0v) is 28.8. The molecule has 7 N–H and O–H groups in total. The van der Waals surface area contributed by atoms with Gasteiger partial charge in [-0.1, -0.05) is 37.8 Å². The summed E-state index contributed by atoms with van der Waals surface area (Å²) in [6, 6.07) is 6.84. The number of carbonyl (C=O) groups is 1. The molecular weight excluding hydrogens is 716 g/mol. The first-order valence-corrected chi connectivity index (χ1v) is 19.9. The molecule has 0 aromatic heterocycles. The summed E-state index contributed by atoms with van der Waals surface area (Å²) >= 11 is 5.54. The average Bonchev–Trinajstić information content (AvgIpc) is 3.39. The van der Waals surface area contributed by atoms with Gasteiger partial charge in [-0.15, -0.1) is 12.8 Å². The second-order valence-corrected chi connectivity index (χ2v) is 17.0. The van der Waals surface area contributed by atoms with Crippen LogP contribution in [-0.4, -0.2) is 66.3 Å². The van der Waals surface area contributed by atoms with E-state index in [1.807, 2.05) is 6.92 Å². The smallest absolute Gasteiger partial charge is 0.426 e. The van der Waals surface area contributed by atoms with Crippen molar-refractivity contribution in [2.24, 2.45) is 22.7 Å². The van der Waals surface area contributed by atoms with Crippen molar-refractivity contribution in [3.05, 3.63) is 29.8 Å². The molecule has 0 bridgehead atoms. The highest BCUT2D eigenvalue weighted by atomic mass is 35.7. The Bertz CT molecular complexity index is 1460. The normalized spacial score (nSPS) is 32.7. The largest absolute Gasteiger partial charge is 0.490 e. The number of aliphatic hydroxyl groups is 3. The van der Waals surface area contributed by atoms with Gasteiger partial charge in [0.05, 0.1) is 36.3 Å². The highest BCUT2D eigenvalue weighted by Crippen LogP contribution is 2.66. The number of hydrogen-bond acceptors (Lipinski definition) is 12. The van der Waals surface area contributed by atoms with Crippen LogP contribution in [0.3, 0.4) is 0 Å². The number of benzene rings is 1. The predicted molar refractivity (Wildman–Crippen MR) is 164 cm³/mol. The number of aliphatic hydroxyl groups excluding tert-OH is 3. The molecule has 9 atom stereocenters. The minimum Gasteiger partial charge on any atom is -0.426 e. The molecule has 0 spiro atoms. The van der Waals surface area contributed by atoms with E-state index in [2.05, 4.69) is 29.5 Å². The van der Waals surface area contributed by atoms with Crippen molar-refractivity contribution in [2.45, 2.75) is 51.7 Å². The van der Waals surface area contributed by atoms with Gasteiger partial charge >= 0.3 is 37.2 Å². The molecule has 3 aliphatic rings. The lowest BCUT2D eigenvalue weighted by Gasteiger charge is -2.27. The van der Waals surface area contributed by atoms with E-state index in [-0.39, 0.29) is 18.9 Å². The van der Waals surface area contributed by atoms with E-state index >= 15 is 0 Å². The van der Waals surface area contributed by atoms with E-state index in [0.29, 0.717) is 30.1 Å². The molecule has 1 aromatic rings. The second-order valence-electron chi connectivity index (χ2n) is 10.9. The summed E-state index contributed by atoms with van der Waals surface area (Å²) in [5.41, 5.74) is -1.51. The summed E-state index contributed by atoms with van der Waals surface area (Å²) in [6.07, 6.45) is 11.1. The maximum atomic E-state index is 11.6. The molecule has 0 amide bonds. The van der Waals surface area contributed by atoms with Crippen molar-refractivity contribution in [3.63, 3.8) is 0 Å². The molecule has 1 aliphatic heterocycles. The summed E-state index contributed by atoms with van der Waals surface area (Å²) < 4.78 is 54.7. The molecule has 46 heavy (non-hydrogen) atoms. The molecule has 1 aromatic carbocycles. The van der Waals surface area contributed by atoms with Gasteiger partial charge in [0, 0.05) is 0 Å². The van der Waals surface area contributed by atoms with E-state index in [4.69, 9.17) is 48.4 Å². The van der Waals surface area contributed by atoms with Gasteiger partial charge < -0.3 is 43.9 Å². The van der Waals surface area contributed by atoms with E-state index < -0.39 is 66.8 Å².